The summed E-state index contributed by atoms with van der Waals surface area (Å²) >= 11 is 1.57. The van der Waals surface area contributed by atoms with Gasteiger partial charge in [0.05, 0.1) is 23.0 Å². The van der Waals surface area contributed by atoms with E-state index in [-0.39, 0.29) is 18.0 Å². The third kappa shape index (κ3) is 5.24. The highest BCUT2D eigenvalue weighted by molar-refractivity contribution is 8.00. The zero-order valence-corrected chi connectivity index (χ0v) is 16.2. The van der Waals surface area contributed by atoms with E-state index < -0.39 is 18.0 Å². The van der Waals surface area contributed by atoms with E-state index in [2.05, 4.69) is 6.58 Å². The van der Waals surface area contributed by atoms with Gasteiger partial charge >= 0.3 is 11.9 Å². The summed E-state index contributed by atoms with van der Waals surface area (Å²) in [5, 5.41) is -0.199. The Kier molecular flexibility index (Phi) is 7.28. The largest absolute Gasteiger partial charge is 0.461 e. The molecule has 2 aromatic rings. The predicted octanol–water partition coefficient (Wildman–Crippen LogP) is 3.76. The van der Waals surface area contributed by atoms with Crippen molar-refractivity contribution >= 4 is 23.7 Å². The number of carbonyl (C=O) groups excluding carboxylic acids is 2. The fourth-order valence-corrected chi connectivity index (χ4v) is 4.17. The van der Waals surface area contributed by atoms with Gasteiger partial charge in [-0.05, 0) is 24.3 Å². The molecule has 1 saturated heterocycles. The number of thioether (sulfide) groups is 1. The summed E-state index contributed by atoms with van der Waals surface area (Å²) in [4.78, 5) is 24.7. The van der Waals surface area contributed by atoms with E-state index in [1.165, 1.54) is 0 Å². The van der Waals surface area contributed by atoms with Crippen LogP contribution in [-0.2, 0) is 14.2 Å². The Labute approximate surface area is 168 Å². The standard InChI is InChI=1S/C22H22O5S/c1-2-13-25-18-15-28-19(14-26-21(23)16-9-5-3-6-10-16)20(18)27-22(24)17-11-7-4-8-12-17/h2-12,18-20H,1,13-15H2/t18-,19-,20-/m1/s1. The molecule has 3 atom stereocenters. The Morgan fingerprint density at radius 3 is 2.21 bits per heavy atom. The Morgan fingerprint density at radius 1 is 1.00 bits per heavy atom. The number of rotatable bonds is 8. The SMILES string of the molecule is C=CCO[C@@H]1CS[C@H](COC(=O)c2ccccc2)[C@@H]1OC(=O)c1ccccc1. The first kappa shape index (κ1) is 20.2. The van der Waals surface area contributed by atoms with E-state index in [0.717, 1.165) is 0 Å². The van der Waals surface area contributed by atoms with Gasteiger partial charge in [-0.2, -0.15) is 0 Å². The summed E-state index contributed by atoms with van der Waals surface area (Å²) in [6.45, 7) is 4.16. The van der Waals surface area contributed by atoms with E-state index in [1.807, 2.05) is 12.1 Å². The molecule has 1 aliphatic heterocycles. The van der Waals surface area contributed by atoms with Gasteiger partial charge in [0, 0.05) is 5.75 Å². The molecule has 0 aromatic heterocycles. The molecule has 1 heterocycles. The molecule has 0 amide bonds. The van der Waals surface area contributed by atoms with Crippen molar-refractivity contribution in [3.05, 3.63) is 84.4 Å². The first-order chi connectivity index (χ1) is 13.7. The van der Waals surface area contributed by atoms with E-state index in [4.69, 9.17) is 14.2 Å². The molecule has 2 aromatic carbocycles. The Morgan fingerprint density at radius 2 is 1.61 bits per heavy atom. The van der Waals surface area contributed by atoms with Crippen molar-refractivity contribution in [2.24, 2.45) is 0 Å². The molecule has 0 radical (unpaired) electrons. The first-order valence-corrected chi connectivity index (χ1v) is 10.1. The van der Waals surface area contributed by atoms with Crippen LogP contribution in [-0.4, -0.2) is 48.4 Å². The van der Waals surface area contributed by atoms with Gasteiger partial charge in [-0.25, -0.2) is 9.59 Å². The van der Waals surface area contributed by atoms with Gasteiger partial charge < -0.3 is 14.2 Å². The van der Waals surface area contributed by atoms with Crippen molar-refractivity contribution in [1.82, 2.24) is 0 Å². The third-order valence-corrected chi connectivity index (χ3v) is 5.63. The summed E-state index contributed by atoms with van der Waals surface area (Å²) in [6, 6.07) is 17.6. The second kappa shape index (κ2) is 10.1. The highest BCUT2D eigenvalue weighted by Gasteiger charge is 2.41. The number of benzene rings is 2. The minimum Gasteiger partial charge on any atom is -0.461 e. The molecule has 1 fully saturated rings. The molecular weight excluding hydrogens is 376 g/mol. The molecule has 0 bridgehead atoms. The Bertz CT molecular complexity index is 793. The van der Waals surface area contributed by atoms with Crippen molar-refractivity contribution in [2.75, 3.05) is 19.0 Å². The average Bonchev–Trinajstić information content (AvgIpc) is 3.13. The lowest BCUT2D eigenvalue weighted by molar-refractivity contribution is -0.0359. The van der Waals surface area contributed by atoms with Crippen LogP contribution in [0.5, 0.6) is 0 Å². The van der Waals surface area contributed by atoms with E-state index >= 15 is 0 Å². The number of ether oxygens (including phenoxy) is 3. The van der Waals surface area contributed by atoms with E-state index in [0.29, 0.717) is 23.5 Å². The lowest BCUT2D eigenvalue weighted by Gasteiger charge is -2.24. The van der Waals surface area contributed by atoms with Crippen molar-refractivity contribution in [2.45, 2.75) is 17.5 Å². The molecule has 28 heavy (non-hydrogen) atoms. The first-order valence-electron chi connectivity index (χ1n) is 9.01. The van der Waals surface area contributed by atoms with Crippen LogP contribution in [0.2, 0.25) is 0 Å². The summed E-state index contributed by atoms with van der Waals surface area (Å²) in [5.41, 5.74) is 0.963. The number of hydrogen-bond donors (Lipinski definition) is 0. The van der Waals surface area contributed by atoms with Gasteiger partial charge in [-0.1, -0.05) is 42.5 Å². The molecule has 5 nitrogen and oxygen atoms in total. The monoisotopic (exact) mass is 398 g/mol. The van der Waals surface area contributed by atoms with E-state index in [9.17, 15) is 9.59 Å². The highest BCUT2D eigenvalue weighted by Crippen LogP contribution is 2.32. The second-order valence-corrected chi connectivity index (χ2v) is 7.50. The third-order valence-electron chi connectivity index (χ3n) is 4.28. The van der Waals surface area contributed by atoms with Crippen LogP contribution >= 0.6 is 11.8 Å². The number of esters is 2. The molecule has 6 heteroatoms. The van der Waals surface area contributed by atoms with Gasteiger partial charge in [-0.3, -0.25) is 0 Å². The van der Waals surface area contributed by atoms with Gasteiger partial charge in [0.1, 0.15) is 18.8 Å². The van der Waals surface area contributed by atoms with Crippen LogP contribution in [0.1, 0.15) is 20.7 Å². The summed E-state index contributed by atoms with van der Waals surface area (Å²) < 4.78 is 17.0. The van der Waals surface area contributed by atoms with Gasteiger partial charge in [-0.15, -0.1) is 18.3 Å². The van der Waals surface area contributed by atoms with Crippen LogP contribution in [0, 0.1) is 0 Å². The van der Waals surface area contributed by atoms with Crippen LogP contribution in [0.3, 0.4) is 0 Å². The molecule has 146 valence electrons. The zero-order valence-electron chi connectivity index (χ0n) is 15.4. The van der Waals surface area contributed by atoms with Crippen molar-refractivity contribution in [3.63, 3.8) is 0 Å². The minimum atomic E-state index is -0.513. The van der Waals surface area contributed by atoms with Crippen molar-refractivity contribution < 1.29 is 23.8 Å². The highest BCUT2D eigenvalue weighted by atomic mass is 32.2. The fourth-order valence-electron chi connectivity index (χ4n) is 2.86. The Hall–Kier alpha value is -2.57. The van der Waals surface area contributed by atoms with Crippen LogP contribution in [0.4, 0.5) is 0 Å². The summed E-state index contributed by atoms with van der Waals surface area (Å²) in [5.74, 6) is -0.168. The molecule has 0 unspecified atom stereocenters. The molecule has 1 aliphatic rings. The smallest absolute Gasteiger partial charge is 0.338 e. The van der Waals surface area contributed by atoms with E-state index in [1.54, 1.807) is 66.4 Å². The molecule has 3 rings (SSSR count). The van der Waals surface area contributed by atoms with Crippen molar-refractivity contribution in [1.29, 1.82) is 0 Å². The van der Waals surface area contributed by atoms with Gasteiger partial charge in [0.15, 0.2) is 0 Å². The summed E-state index contributed by atoms with van der Waals surface area (Å²) in [7, 11) is 0. The van der Waals surface area contributed by atoms with Crippen LogP contribution in [0.15, 0.2) is 73.3 Å². The second-order valence-electron chi connectivity index (χ2n) is 6.23. The van der Waals surface area contributed by atoms with Gasteiger partial charge in [0.25, 0.3) is 0 Å². The van der Waals surface area contributed by atoms with Crippen LogP contribution in [0.25, 0.3) is 0 Å². The average molecular weight is 398 g/mol. The number of hydrogen-bond acceptors (Lipinski definition) is 6. The summed E-state index contributed by atoms with van der Waals surface area (Å²) in [6.07, 6.45) is 0.862. The maximum absolute atomic E-state index is 12.5. The molecular formula is C22H22O5S. The fraction of sp³-hybridized carbons (Fsp3) is 0.273. The Balaban J connectivity index is 1.65. The normalized spacial score (nSPS) is 21.1. The van der Waals surface area contributed by atoms with Crippen LogP contribution < -0.4 is 0 Å². The lowest BCUT2D eigenvalue weighted by Crippen LogP contribution is -2.39. The quantitative estimate of drug-likeness (QED) is 0.498. The maximum atomic E-state index is 12.5. The number of carbonyl (C=O) groups is 2. The zero-order chi connectivity index (χ0) is 19.8. The van der Waals surface area contributed by atoms with Crippen molar-refractivity contribution in [3.8, 4) is 0 Å². The molecule has 0 saturated carbocycles. The molecule has 0 aliphatic carbocycles. The molecule has 0 spiro atoms. The lowest BCUT2D eigenvalue weighted by atomic mass is 10.1. The predicted molar refractivity (Wildman–Crippen MR) is 109 cm³/mol. The topological polar surface area (TPSA) is 61.8 Å². The maximum Gasteiger partial charge on any atom is 0.338 e. The minimum absolute atomic E-state index is 0.138. The van der Waals surface area contributed by atoms with Gasteiger partial charge in [0.2, 0.25) is 0 Å². The molecule has 0 N–H and O–H groups in total.